The Morgan fingerprint density at radius 2 is 1.73 bits per heavy atom. The molecule has 1 heterocycles. The lowest BCUT2D eigenvalue weighted by atomic mass is 10.2. The Hall–Kier alpha value is -3.16. The standard InChI is InChI=1S/C14H14N4O4/c19-14(11-5-9-17(20)10-6-11)16-8-7-15-12-1-3-13(4-2-12)18(21)22/h1-6,9-10,15H,7-8H2,(H,16,19). The van der Waals surface area contributed by atoms with Crippen LogP contribution in [0.4, 0.5) is 11.4 Å². The van der Waals surface area contributed by atoms with Gasteiger partial charge in [0.15, 0.2) is 12.4 Å². The van der Waals surface area contributed by atoms with Crippen LogP contribution >= 0.6 is 0 Å². The minimum absolute atomic E-state index is 0.0264. The highest BCUT2D eigenvalue weighted by atomic mass is 16.6. The second-order valence-corrected chi connectivity index (χ2v) is 4.43. The van der Waals surface area contributed by atoms with E-state index in [1.54, 1.807) is 12.1 Å². The average Bonchev–Trinajstić information content (AvgIpc) is 2.52. The predicted molar refractivity (Wildman–Crippen MR) is 79.3 cm³/mol. The lowest BCUT2D eigenvalue weighted by molar-refractivity contribution is -0.605. The van der Waals surface area contributed by atoms with E-state index in [1.165, 1.54) is 36.7 Å². The molecule has 22 heavy (non-hydrogen) atoms. The minimum atomic E-state index is -0.463. The van der Waals surface area contributed by atoms with E-state index in [4.69, 9.17) is 0 Å². The van der Waals surface area contributed by atoms with Crippen LogP contribution < -0.4 is 15.4 Å². The molecular weight excluding hydrogens is 288 g/mol. The van der Waals surface area contributed by atoms with Crippen molar-refractivity contribution in [3.8, 4) is 0 Å². The second-order valence-electron chi connectivity index (χ2n) is 4.43. The largest absolute Gasteiger partial charge is 0.619 e. The molecule has 1 amide bonds. The number of aromatic nitrogens is 1. The zero-order valence-corrected chi connectivity index (χ0v) is 11.6. The smallest absolute Gasteiger partial charge is 0.269 e. The molecule has 2 aromatic rings. The Morgan fingerprint density at radius 3 is 2.32 bits per heavy atom. The van der Waals surface area contributed by atoms with Crippen molar-refractivity contribution in [1.82, 2.24) is 5.32 Å². The highest BCUT2D eigenvalue weighted by Crippen LogP contribution is 2.14. The fourth-order valence-electron chi connectivity index (χ4n) is 1.75. The van der Waals surface area contributed by atoms with Gasteiger partial charge in [-0.1, -0.05) is 0 Å². The normalized spacial score (nSPS) is 10.0. The van der Waals surface area contributed by atoms with Crippen LogP contribution in [-0.4, -0.2) is 23.9 Å². The maximum atomic E-state index is 11.8. The molecule has 2 rings (SSSR count). The van der Waals surface area contributed by atoms with E-state index >= 15 is 0 Å². The maximum absolute atomic E-state index is 11.8. The number of nitrogens with zero attached hydrogens (tertiary/aromatic N) is 2. The number of nitro benzene ring substituents is 1. The van der Waals surface area contributed by atoms with E-state index in [1.807, 2.05) is 0 Å². The van der Waals surface area contributed by atoms with Gasteiger partial charge in [-0.25, -0.2) is 0 Å². The Balaban J connectivity index is 1.75. The monoisotopic (exact) mass is 302 g/mol. The van der Waals surface area contributed by atoms with Crippen LogP contribution in [0.1, 0.15) is 10.4 Å². The fourth-order valence-corrected chi connectivity index (χ4v) is 1.75. The molecule has 0 aliphatic heterocycles. The molecule has 8 heteroatoms. The quantitative estimate of drug-likeness (QED) is 0.272. The number of hydrogen-bond acceptors (Lipinski definition) is 5. The van der Waals surface area contributed by atoms with Gasteiger partial charge in [-0.3, -0.25) is 14.9 Å². The molecule has 2 N–H and O–H groups in total. The molecule has 0 spiro atoms. The van der Waals surface area contributed by atoms with Gasteiger partial charge in [0.1, 0.15) is 0 Å². The molecule has 1 aromatic carbocycles. The number of non-ortho nitro benzene ring substituents is 1. The van der Waals surface area contributed by atoms with Crippen LogP contribution in [0, 0.1) is 15.3 Å². The number of pyridine rings is 1. The lowest BCUT2D eigenvalue weighted by Gasteiger charge is -2.08. The summed E-state index contributed by atoms with van der Waals surface area (Å²) in [5.74, 6) is -0.272. The third-order valence-corrected chi connectivity index (χ3v) is 2.88. The second kappa shape index (κ2) is 7.02. The van der Waals surface area contributed by atoms with Crippen LogP contribution in [0.5, 0.6) is 0 Å². The maximum Gasteiger partial charge on any atom is 0.269 e. The zero-order chi connectivity index (χ0) is 15.9. The first-order valence-electron chi connectivity index (χ1n) is 6.51. The summed E-state index contributed by atoms with van der Waals surface area (Å²) in [4.78, 5) is 21.8. The molecule has 0 radical (unpaired) electrons. The highest BCUT2D eigenvalue weighted by Gasteiger charge is 2.06. The van der Waals surface area contributed by atoms with E-state index in [0.717, 1.165) is 5.69 Å². The van der Waals surface area contributed by atoms with Gasteiger partial charge in [-0.15, -0.1) is 0 Å². The van der Waals surface area contributed by atoms with Crippen LogP contribution in [0.3, 0.4) is 0 Å². The summed E-state index contributed by atoms with van der Waals surface area (Å²) in [5, 5.41) is 27.1. The first-order valence-corrected chi connectivity index (χ1v) is 6.51. The van der Waals surface area contributed by atoms with Crippen molar-refractivity contribution >= 4 is 17.3 Å². The molecule has 0 atom stereocenters. The SMILES string of the molecule is O=C(NCCNc1ccc([N+](=O)[O-])cc1)c1cc[n+]([O-])cc1. The number of carbonyl (C=O) groups is 1. The van der Waals surface area contributed by atoms with E-state index in [9.17, 15) is 20.1 Å². The summed E-state index contributed by atoms with van der Waals surface area (Å²) >= 11 is 0. The molecule has 1 aromatic heterocycles. The van der Waals surface area contributed by atoms with Crippen molar-refractivity contribution < 1.29 is 14.4 Å². The van der Waals surface area contributed by atoms with Gasteiger partial charge in [0.25, 0.3) is 11.6 Å². The molecule has 0 bridgehead atoms. The van der Waals surface area contributed by atoms with Gasteiger partial charge < -0.3 is 15.8 Å². The van der Waals surface area contributed by atoms with Crippen molar-refractivity contribution in [3.05, 3.63) is 69.7 Å². The van der Waals surface area contributed by atoms with Crippen LogP contribution in [0.25, 0.3) is 0 Å². The molecular formula is C14H14N4O4. The number of carbonyl (C=O) groups excluding carboxylic acids is 1. The molecule has 8 nitrogen and oxygen atoms in total. The first kappa shape index (κ1) is 15.2. The first-order chi connectivity index (χ1) is 10.6. The lowest BCUT2D eigenvalue weighted by Crippen LogP contribution is -2.30. The van der Waals surface area contributed by atoms with Gasteiger partial charge >= 0.3 is 0 Å². The van der Waals surface area contributed by atoms with E-state index in [-0.39, 0.29) is 11.6 Å². The van der Waals surface area contributed by atoms with Gasteiger partial charge in [-0.05, 0) is 12.1 Å². The number of benzene rings is 1. The number of hydrogen-bond donors (Lipinski definition) is 2. The van der Waals surface area contributed by atoms with Crippen molar-refractivity contribution in [1.29, 1.82) is 0 Å². The van der Waals surface area contributed by atoms with Crippen molar-refractivity contribution in [2.45, 2.75) is 0 Å². The van der Waals surface area contributed by atoms with Crippen LogP contribution in [0.2, 0.25) is 0 Å². The molecule has 0 aliphatic rings. The van der Waals surface area contributed by atoms with Gasteiger partial charge in [-0.2, -0.15) is 4.73 Å². The molecule has 0 aliphatic carbocycles. The summed E-state index contributed by atoms with van der Waals surface area (Å²) in [6, 6.07) is 8.89. The van der Waals surface area contributed by atoms with Crippen molar-refractivity contribution in [2.75, 3.05) is 18.4 Å². The summed E-state index contributed by atoms with van der Waals surface area (Å²) in [7, 11) is 0. The number of rotatable bonds is 6. The van der Waals surface area contributed by atoms with E-state index in [0.29, 0.717) is 23.4 Å². The Bertz CT molecular complexity index is 656. The molecule has 0 fully saturated rings. The third-order valence-electron chi connectivity index (χ3n) is 2.88. The number of nitro groups is 1. The van der Waals surface area contributed by atoms with Gasteiger partial charge in [0, 0.05) is 43.0 Å². The molecule has 0 saturated heterocycles. The fraction of sp³-hybridized carbons (Fsp3) is 0.143. The predicted octanol–water partition coefficient (Wildman–Crippen LogP) is 1.07. The van der Waals surface area contributed by atoms with E-state index < -0.39 is 4.92 Å². The average molecular weight is 302 g/mol. The summed E-state index contributed by atoms with van der Waals surface area (Å²) in [6.07, 6.45) is 2.51. The number of nitrogens with one attached hydrogen (secondary N) is 2. The van der Waals surface area contributed by atoms with Gasteiger partial charge in [0.2, 0.25) is 0 Å². The third kappa shape index (κ3) is 4.17. The zero-order valence-electron chi connectivity index (χ0n) is 11.6. The highest BCUT2D eigenvalue weighted by molar-refractivity contribution is 5.93. The van der Waals surface area contributed by atoms with Crippen LogP contribution in [0.15, 0.2) is 48.8 Å². The summed E-state index contributed by atoms with van der Waals surface area (Å²) in [5.41, 5.74) is 1.16. The summed E-state index contributed by atoms with van der Waals surface area (Å²) in [6.45, 7) is 0.847. The van der Waals surface area contributed by atoms with E-state index in [2.05, 4.69) is 10.6 Å². The van der Waals surface area contributed by atoms with Crippen molar-refractivity contribution in [2.24, 2.45) is 0 Å². The minimum Gasteiger partial charge on any atom is -0.619 e. The molecule has 0 saturated carbocycles. The topological polar surface area (TPSA) is 111 Å². The Labute approximate surface area is 126 Å². The van der Waals surface area contributed by atoms with Crippen molar-refractivity contribution in [3.63, 3.8) is 0 Å². The van der Waals surface area contributed by atoms with Gasteiger partial charge in [0.05, 0.1) is 10.5 Å². The number of anilines is 1. The summed E-state index contributed by atoms with van der Waals surface area (Å²) < 4.78 is 0.604. The number of amides is 1. The van der Waals surface area contributed by atoms with Crippen LogP contribution in [-0.2, 0) is 0 Å². The molecule has 114 valence electrons. The molecule has 0 unspecified atom stereocenters. The Kier molecular flexibility index (Phi) is 4.86. The Morgan fingerprint density at radius 1 is 1.09 bits per heavy atom.